The molecule has 0 fully saturated rings. The normalized spacial score (nSPS) is 12.3. The monoisotopic (exact) mass is 621 g/mol. The molecule has 9 heteroatoms. The van der Waals surface area contributed by atoms with Gasteiger partial charge in [0, 0.05) is 31.0 Å². The fourth-order valence-corrected chi connectivity index (χ4v) is 6.15. The zero-order valence-electron chi connectivity index (χ0n) is 22.5. The van der Waals surface area contributed by atoms with E-state index in [0.717, 1.165) is 30.7 Å². The quantitative estimate of drug-likeness (QED) is 0.255. The molecule has 4 aromatic rings. The summed E-state index contributed by atoms with van der Waals surface area (Å²) in [5, 5.41) is 4.56. The summed E-state index contributed by atoms with van der Waals surface area (Å²) in [5.41, 5.74) is 1.70. The number of benzene rings is 4. The topological polar surface area (TPSA) is 86.8 Å². The van der Waals surface area contributed by atoms with Crippen molar-refractivity contribution in [2.24, 2.45) is 0 Å². The molecule has 1 atom stereocenters. The zero-order valence-corrected chi connectivity index (χ0v) is 24.9. The van der Waals surface area contributed by atoms with E-state index >= 15 is 0 Å². The molecule has 0 aliphatic heterocycles. The summed E-state index contributed by atoms with van der Waals surface area (Å²) in [6.45, 7) is 1.94. The molecule has 4 aromatic carbocycles. The fourth-order valence-electron chi connectivity index (χ4n) is 4.55. The molecule has 0 saturated carbocycles. The van der Waals surface area contributed by atoms with Crippen LogP contribution in [0.15, 0.2) is 106 Å². The van der Waals surface area contributed by atoms with Gasteiger partial charge in [-0.2, -0.15) is 4.31 Å². The Bertz CT molecular complexity index is 1590. The van der Waals surface area contributed by atoms with Crippen molar-refractivity contribution in [1.29, 1.82) is 0 Å². The highest BCUT2D eigenvalue weighted by atomic mass is 79.9. The molecule has 0 unspecified atom stereocenters. The smallest absolute Gasteiger partial charge is 0.243 e. The van der Waals surface area contributed by atoms with E-state index in [1.807, 2.05) is 85.8 Å². The third-order valence-electron chi connectivity index (χ3n) is 6.65. The summed E-state index contributed by atoms with van der Waals surface area (Å²) in [7, 11) is -2.59. The number of hydrogen-bond acceptors (Lipinski definition) is 4. The van der Waals surface area contributed by atoms with Gasteiger partial charge in [0.15, 0.2) is 0 Å². The number of sulfonamides is 1. The van der Waals surface area contributed by atoms with Crippen molar-refractivity contribution >= 4 is 48.5 Å². The summed E-state index contributed by atoms with van der Waals surface area (Å²) in [6, 6.07) is 28.5. The minimum absolute atomic E-state index is 0.101. The number of carbonyl (C=O) groups is 2. The fraction of sp³-hybridized carbons (Fsp3) is 0.226. The number of hydrogen-bond donors (Lipinski definition) is 1. The number of carbonyl (C=O) groups excluding carboxylic acids is 2. The first kappa shape index (κ1) is 29.5. The van der Waals surface area contributed by atoms with Crippen molar-refractivity contribution < 1.29 is 18.0 Å². The SMILES string of the molecule is CCNC(=O)[C@H](Cc1ccccc1)N(Cc1cccc(Br)c1)C(=O)CN(C)S(=O)(=O)c1ccc2ccccc2c1. The first-order valence-electron chi connectivity index (χ1n) is 13.0. The summed E-state index contributed by atoms with van der Waals surface area (Å²) < 4.78 is 28.9. The van der Waals surface area contributed by atoms with Crippen LogP contribution in [0.1, 0.15) is 18.1 Å². The average molecular weight is 623 g/mol. The van der Waals surface area contributed by atoms with Crippen LogP contribution in [0.4, 0.5) is 0 Å². The van der Waals surface area contributed by atoms with Crippen molar-refractivity contribution in [1.82, 2.24) is 14.5 Å². The summed E-state index contributed by atoms with van der Waals surface area (Å²) in [4.78, 5) is 28.8. The Morgan fingerprint density at radius 1 is 0.850 bits per heavy atom. The van der Waals surface area contributed by atoms with Gasteiger partial charge in [-0.15, -0.1) is 0 Å². The first-order valence-corrected chi connectivity index (χ1v) is 15.2. The lowest BCUT2D eigenvalue weighted by atomic mass is 10.0. The van der Waals surface area contributed by atoms with Gasteiger partial charge in [-0.05, 0) is 53.1 Å². The van der Waals surface area contributed by atoms with Crippen LogP contribution in [-0.2, 0) is 32.6 Å². The van der Waals surface area contributed by atoms with Crippen LogP contribution >= 0.6 is 15.9 Å². The van der Waals surface area contributed by atoms with E-state index in [0.29, 0.717) is 6.54 Å². The molecule has 0 bridgehead atoms. The van der Waals surface area contributed by atoms with E-state index in [1.165, 1.54) is 11.9 Å². The highest BCUT2D eigenvalue weighted by Crippen LogP contribution is 2.23. The second kappa shape index (κ2) is 13.2. The number of halogens is 1. The highest BCUT2D eigenvalue weighted by molar-refractivity contribution is 9.10. The van der Waals surface area contributed by atoms with Crippen molar-refractivity contribution in [3.63, 3.8) is 0 Å². The molecule has 40 heavy (non-hydrogen) atoms. The Morgan fingerprint density at radius 2 is 1.52 bits per heavy atom. The third-order valence-corrected chi connectivity index (χ3v) is 8.94. The van der Waals surface area contributed by atoms with Gasteiger partial charge in [0.25, 0.3) is 0 Å². The van der Waals surface area contributed by atoms with Gasteiger partial charge in [-0.25, -0.2) is 8.42 Å². The lowest BCUT2D eigenvalue weighted by molar-refractivity contribution is -0.141. The average Bonchev–Trinajstić information content (AvgIpc) is 2.95. The van der Waals surface area contributed by atoms with Gasteiger partial charge in [-0.3, -0.25) is 9.59 Å². The second-order valence-electron chi connectivity index (χ2n) is 9.52. The Labute approximate surface area is 244 Å². The van der Waals surface area contributed by atoms with Crippen LogP contribution in [0.3, 0.4) is 0 Å². The standard InChI is InChI=1S/C31H32BrN3O4S/c1-3-33-31(37)29(19-23-10-5-4-6-11-23)35(21-24-12-9-15-27(32)18-24)30(36)22-34(2)40(38,39)28-17-16-25-13-7-8-14-26(25)20-28/h4-18,20,29H,3,19,21-22H2,1-2H3,(H,33,37)/t29-/m0/s1. The summed E-state index contributed by atoms with van der Waals surface area (Å²) >= 11 is 3.47. The number of rotatable bonds is 11. The predicted molar refractivity (Wildman–Crippen MR) is 161 cm³/mol. The molecule has 0 radical (unpaired) electrons. The van der Waals surface area contributed by atoms with E-state index in [2.05, 4.69) is 21.2 Å². The van der Waals surface area contributed by atoms with Gasteiger partial charge >= 0.3 is 0 Å². The van der Waals surface area contributed by atoms with E-state index in [-0.39, 0.29) is 23.8 Å². The van der Waals surface area contributed by atoms with Gasteiger partial charge < -0.3 is 10.2 Å². The van der Waals surface area contributed by atoms with Crippen LogP contribution in [0.2, 0.25) is 0 Å². The van der Waals surface area contributed by atoms with Crippen molar-refractivity contribution in [2.75, 3.05) is 20.1 Å². The predicted octanol–water partition coefficient (Wildman–Crippen LogP) is 5.00. The van der Waals surface area contributed by atoms with Crippen LogP contribution in [0.5, 0.6) is 0 Å². The molecule has 0 aliphatic rings. The van der Waals surface area contributed by atoms with Gasteiger partial charge in [0.1, 0.15) is 6.04 Å². The Kier molecular flexibility index (Phi) is 9.73. The van der Waals surface area contributed by atoms with Crippen LogP contribution in [0.25, 0.3) is 10.8 Å². The Morgan fingerprint density at radius 3 is 2.23 bits per heavy atom. The Balaban J connectivity index is 1.66. The van der Waals surface area contributed by atoms with E-state index < -0.39 is 28.5 Å². The summed E-state index contributed by atoms with van der Waals surface area (Å²) in [6.07, 6.45) is 0.285. The van der Waals surface area contributed by atoms with Crippen molar-refractivity contribution in [2.45, 2.75) is 30.8 Å². The van der Waals surface area contributed by atoms with Crippen LogP contribution in [0, 0.1) is 0 Å². The van der Waals surface area contributed by atoms with E-state index in [1.54, 1.807) is 18.2 Å². The number of nitrogens with one attached hydrogen (secondary N) is 1. The highest BCUT2D eigenvalue weighted by Gasteiger charge is 2.33. The molecule has 0 aliphatic carbocycles. The van der Waals surface area contributed by atoms with E-state index in [9.17, 15) is 18.0 Å². The molecule has 0 aromatic heterocycles. The van der Waals surface area contributed by atoms with Crippen molar-refractivity contribution in [3.05, 3.63) is 113 Å². The third kappa shape index (κ3) is 7.15. The molecular weight excluding hydrogens is 590 g/mol. The number of likely N-dealkylation sites (N-methyl/N-ethyl adjacent to an activating group) is 2. The molecule has 0 saturated heterocycles. The molecule has 1 N–H and O–H groups in total. The molecule has 4 rings (SSSR count). The minimum Gasteiger partial charge on any atom is -0.355 e. The minimum atomic E-state index is -3.98. The molecule has 7 nitrogen and oxygen atoms in total. The van der Waals surface area contributed by atoms with Gasteiger partial charge in [-0.1, -0.05) is 88.7 Å². The molecule has 208 valence electrons. The van der Waals surface area contributed by atoms with Crippen LogP contribution < -0.4 is 5.32 Å². The molecule has 0 spiro atoms. The number of fused-ring (bicyclic) bond motifs is 1. The lowest BCUT2D eigenvalue weighted by Crippen LogP contribution is -2.53. The Hall–Kier alpha value is -3.53. The lowest BCUT2D eigenvalue weighted by Gasteiger charge is -2.32. The first-order chi connectivity index (χ1) is 19.2. The summed E-state index contributed by atoms with van der Waals surface area (Å²) in [5.74, 6) is -0.770. The maximum Gasteiger partial charge on any atom is 0.243 e. The number of amides is 2. The van der Waals surface area contributed by atoms with Gasteiger partial charge in [0.05, 0.1) is 11.4 Å². The molecular formula is C31H32BrN3O4S. The van der Waals surface area contributed by atoms with Crippen molar-refractivity contribution in [3.8, 4) is 0 Å². The van der Waals surface area contributed by atoms with E-state index in [4.69, 9.17) is 0 Å². The largest absolute Gasteiger partial charge is 0.355 e. The number of nitrogens with zero attached hydrogens (tertiary/aromatic N) is 2. The second-order valence-corrected chi connectivity index (χ2v) is 12.5. The maximum absolute atomic E-state index is 13.9. The maximum atomic E-state index is 13.9. The van der Waals surface area contributed by atoms with Gasteiger partial charge in [0.2, 0.25) is 21.8 Å². The molecule has 0 heterocycles. The zero-order chi connectivity index (χ0) is 28.7. The van der Waals surface area contributed by atoms with Crippen LogP contribution in [-0.4, -0.2) is 55.6 Å². The molecule has 2 amide bonds.